The molecule has 0 aliphatic heterocycles. The van der Waals surface area contributed by atoms with Gasteiger partial charge >= 0.3 is 0 Å². The molecule has 0 saturated carbocycles. The molecule has 0 spiro atoms. The topological polar surface area (TPSA) is 0 Å². The number of rotatable bonds is 0. The van der Waals surface area contributed by atoms with Gasteiger partial charge in [0.15, 0.2) is 0 Å². The maximum absolute atomic E-state index is 0. The van der Waals surface area contributed by atoms with Crippen LogP contribution >= 0.6 is 9.90 Å². The summed E-state index contributed by atoms with van der Waals surface area (Å²) in [4.78, 5) is 0. The predicted octanol–water partition coefficient (Wildman–Crippen LogP) is 0.0506. The van der Waals surface area contributed by atoms with Crippen molar-refractivity contribution in [3.8, 4) is 0 Å². The fourth-order valence-electron chi connectivity index (χ4n) is 0. The molecule has 0 nitrogen and oxygen atoms in total. The first-order chi connectivity index (χ1) is 0. The SMILES string of the molecule is P.[Ti].[V].[Zr]. The van der Waals surface area contributed by atoms with Gasteiger partial charge in [0.05, 0.1) is 0 Å². The fraction of sp³-hybridized carbons (Fsp3) is 0. The summed E-state index contributed by atoms with van der Waals surface area (Å²) in [6, 6.07) is 0. The summed E-state index contributed by atoms with van der Waals surface area (Å²) in [5, 5.41) is 0. The Kier molecular flexibility index (Phi) is 134. The van der Waals surface area contributed by atoms with Crippen molar-refractivity contribution in [1.29, 1.82) is 0 Å². The third-order valence-corrected chi connectivity index (χ3v) is 0. The maximum Gasteiger partial charge on any atom is 0 e. The molecule has 1 atom stereocenters. The van der Waals surface area contributed by atoms with Gasteiger partial charge in [-0.3, -0.25) is 0 Å². The van der Waals surface area contributed by atoms with Crippen molar-refractivity contribution >= 4 is 9.90 Å². The fourth-order valence-corrected chi connectivity index (χ4v) is 0. The van der Waals surface area contributed by atoms with Gasteiger partial charge in [0.25, 0.3) is 0 Å². The Morgan fingerprint density at radius 3 is 1.00 bits per heavy atom. The normalized spacial score (nSPS) is 0. The van der Waals surface area contributed by atoms with E-state index in [4.69, 9.17) is 0 Å². The molecule has 1 radical (unpaired) electrons. The molecule has 1 unspecified atom stereocenters. The second kappa shape index (κ2) is 17.5. The molecule has 0 aliphatic carbocycles. The zero-order valence-corrected chi connectivity index (χ0v) is 8.98. The van der Waals surface area contributed by atoms with Crippen LogP contribution in [0, 0.1) is 0 Å². The summed E-state index contributed by atoms with van der Waals surface area (Å²) in [6.45, 7) is 0. The molecule has 0 aromatic carbocycles. The third kappa shape index (κ3) is 8.82. The van der Waals surface area contributed by atoms with Crippen LogP contribution in [0.15, 0.2) is 0 Å². The van der Waals surface area contributed by atoms with E-state index in [-0.39, 0.29) is 76.4 Å². The molecule has 21 valence electrons. The van der Waals surface area contributed by atoms with E-state index in [0.717, 1.165) is 0 Å². The van der Waals surface area contributed by atoms with E-state index in [1.165, 1.54) is 0 Å². The third-order valence-electron chi connectivity index (χ3n) is 0. The van der Waals surface area contributed by atoms with Crippen LogP contribution in [0.4, 0.5) is 0 Å². The van der Waals surface area contributed by atoms with Crippen LogP contribution in [0.2, 0.25) is 0 Å². The average molecular weight is 224 g/mol. The summed E-state index contributed by atoms with van der Waals surface area (Å²) in [5.74, 6) is 0. The van der Waals surface area contributed by atoms with Gasteiger partial charge in [-0.15, -0.1) is 0 Å². The van der Waals surface area contributed by atoms with Gasteiger partial charge in [-0.25, -0.2) is 0 Å². The Hall–Kier alpha value is 2.61. The van der Waals surface area contributed by atoms with Crippen LogP contribution < -0.4 is 0 Å². The Bertz CT molecular complexity index is 8.00. The second-order valence-corrected chi connectivity index (χ2v) is 0. The van der Waals surface area contributed by atoms with E-state index < -0.39 is 0 Å². The first kappa shape index (κ1) is 30.5. The van der Waals surface area contributed by atoms with Gasteiger partial charge < -0.3 is 0 Å². The Morgan fingerprint density at radius 2 is 1.00 bits per heavy atom. The van der Waals surface area contributed by atoms with E-state index in [0.29, 0.717) is 0 Å². The van der Waals surface area contributed by atoms with Crippen molar-refractivity contribution in [2.24, 2.45) is 0 Å². The molecular formula is H3PTiVZr. The number of hydrogen-bond acceptors (Lipinski definition) is 0. The zero-order valence-electron chi connectivity index (χ0n) is 2.15. The van der Waals surface area contributed by atoms with Crippen molar-refractivity contribution in [3.63, 3.8) is 0 Å². The van der Waals surface area contributed by atoms with Gasteiger partial charge in [0.1, 0.15) is 0 Å². The van der Waals surface area contributed by atoms with Gasteiger partial charge in [-0.1, -0.05) is 0 Å². The molecule has 0 aromatic heterocycles. The second-order valence-electron chi connectivity index (χ2n) is 0. The summed E-state index contributed by atoms with van der Waals surface area (Å²) < 4.78 is 0. The van der Waals surface area contributed by atoms with E-state index in [2.05, 4.69) is 0 Å². The molecule has 0 fully saturated rings. The largest absolute Gasteiger partial charge is 0.153 e. The summed E-state index contributed by atoms with van der Waals surface area (Å²) in [5.41, 5.74) is 0. The van der Waals surface area contributed by atoms with Crippen LogP contribution in [-0.4, -0.2) is 0 Å². The van der Waals surface area contributed by atoms with Gasteiger partial charge in [0, 0.05) is 66.5 Å². The molecular weight excluding hydrogens is 221 g/mol. The Morgan fingerprint density at radius 1 is 1.00 bits per heavy atom. The Balaban J connectivity index is 0. The van der Waals surface area contributed by atoms with Crippen molar-refractivity contribution in [2.45, 2.75) is 0 Å². The summed E-state index contributed by atoms with van der Waals surface area (Å²) >= 11 is 0. The van der Waals surface area contributed by atoms with Crippen LogP contribution in [0.5, 0.6) is 0 Å². The average Bonchev–Trinajstić information content (AvgIpc) is 0. The van der Waals surface area contributed by atoms with Crippen molar-refractivity contribution in [3.05, 3.63) is 0 Å². The molecule has 0 aromatic rings. The summed E-state index contributed by atoms with van der Waals surface area (Å²) in [7, 11) is 0. The first-order valence-electron chi connectivity index (χ1n) is 0. The molecule has 0 bridgehead atoms. The number of hydrogen-bond donors (Lipinski definition) is 0. The Labute approximate surface area is 75.4 Å². The maximum atomic E-state index is 0. The molecule has 4 heavy (non-hydrogen) atoms. The van der Waals surface area contributed by atoms with Gasteiger partial charge in [-0.05, 0) is 0 Å². The first-order valence-corrected chi connectivity index (χ1v) is 0. The van der Waals surface area contributed by atoms with Crippen LogP contribution in [0.25, 0.3) is 0 Å². The summed E-state index contributed by atoms with van der Waals surface area (Å²) in [6.07, 6.45) is 0. The van der Waals surface area contributed by atoms with Crippen molar-refractivity contribution in [2.75, 3.05) is 0 Å². The molecule has 0 aliphatic rings. The van der Waals surface area contributed by atoms with Crippen LogP contribution in [0.1, 0.15) is 0 Å². The van der Waals surface area contributed by atoms with Crippen molar-refractivity contribution in [1.82, 2.24) is 0 Å². The standard InChI is InChI=1S/H3P.Ti.V.Zr/h1H3;;;. The van der Waals surface area contributed by atoms with E-state index in [1.54, 1.807) is 0 Å². The zero-order chi connectivity index (χ0) is 0. The minimum Gasteiger partial charge on any atom is -0.153 e. The molecule has 0 amide bonds. The minimum atomic E-state index is 0. The minimum absolute atomic E-state index is 0. The van der Waals surface area contributed by atoms with E-state index in [9.17, 15) is 0 Å². The van der Waals surface area contributed by atoms with E-state index >= 15 is 0 Å². The molecule has 0 N–H and O–H groups in total. The molecule has 0 saturated heterocycles. The predicted molar refractivity (Wildman–Crippen MR) is 11.1 cm³/mol. The molecule has 0 heterocycles. The quantitative estimate of drug-likeness (QED) is 0.403. The van der Waals surface area contributed by atoms with Crippen LogP contribution in [0.3, 0.4) is 0 Å². The van der Waals surface area contributed by atoms with Crippen LogP contribution in [-0.2, 0) is 66.5 Å². The smallest absolute Gasteiger partial charge is 0 e. The van der Waals surface area contributed by atoms with Gasteiger partial charge in [0.2, 0.25) is 0 Å². The molecule has 4 heteroatoms. The monoisotopic (exact) mass is 223 g/mol. The molecule has 0 rings (SSSR count). The van der Waals surface area contributed by atoms with E-state index in [1.807, 2.05) is 0 Å². The van der Waals surface area contributed by atoms with Crippen molar-refractivity contribution < 1.29 is 66.5 Å². The van der Waals surface area contributed by atoms with Gasteiger partial charge in [-0.2, -0.15) is 9.90 Å².